The van der Waals surface area contributed by atoms with Crippen LogP contribution >= 0.6 is 0 Å². The van der Waals surface area contributed by atoms with E-state index in [0.29, 0.717) is 0 Å². The van der Waals surface area contributed by atoms with Crippen molar-refractivity contribution in [3.63, 3.8) is 0 Å². The molecule has 0 spiro atoms. The average molecular weight is 308 g/mol. The molecule has 3 rings (SSSR count). The van der Waals surface area contributed by atoms with Crippen LogP contribution in [0, 0.1) is 0 Å². The number of fused-ring (bicyclic) bond motifs is 1. The quantitative estimate of drug-likeness (QED) is 0.906. The zero-order chi connectivity index (χ0) is 16.4. The lowest BCUT2D eigenvalue weighted by Crippen LogP contribution is -2.39. The van der Waals surface area contributed by atoms with Gasteiger partial charge in [-0.15, -0.1) is 0 Å². The minimum absolute atomic E-state index is 0.150. The van der Waals surface area contributed by atoms with Crippen LogP contribution in [0.5, 0.6) is 0 Å². The summed E-state index contributed by atoms with van der Waals surface area (Å²) in [5.74, 6) is -0.335. The molecule has 3 nitrogen and oxygen atoms in total. The van der Waals surface area contributed by atoms with Crippen molar-refractivity contribution in [2.75, 3.05) is 0 Å². The molecule has 2 atom stereocenters. The fourth-order valence-electron chi connectivity index (χ4n) is 3.57. The fourth-order valence-corrected chi connectivity index (χ4v) is 3.57. The first-order valence-electron chi connectivity index (χ1n) is 8.19. The van der Waals surface area contributed by atoms with Crippen molar-refractivity contribution < 1.29 is 4.79 Å². The first kappa shape index (κ1) is 15.8. The van der Waals surface area contributed by atoms with E-state index in [2.05, 4.69) is 43.4 Å². The van der Waals surface area contributed by atoms with Crippen molar-refractivity contribution in [3.8, 4) is 0 Å². The number of nitrogens with one attached hydrogen (secondary N) is 1. The molecular formula is C20H24N2O. The lowest BCUT2D eigenvalue weighted by atomic mass is 9.71. The zero-order valence-electron chi connectivity index (χ0n) is 13.8. The third-order valence-electron chi connectivity index (χ3n) is 4.91. The number of hydrogen-bond acceptors (Lipinski definition) is 2. The second kappa shape index (κ2) is 6.17. The summed E-state index contributed by atoms with van der Waals surface area (Å²) in [5, 5.41) is 3.49. The number of carbonyl (C=O) groups is 1. The van der Waals surface area contributed by atoms with Crippen molar-refractivity contribution >= 4 is 5.91 Å². The predicted octanol–water partition coefficient (Wildman–Crippen LogP) is 3.62. The van der Waals surface area contributed by atoms with Crippen LogP contribution in [-0.4, -0.2) is 5.91 Å². The van der Waals surface area contributed by atoms with E-state index in [-0.39, 0.29) is 17.4 Å². The van der Waals surface area contributed by atoms with Gasteiger partial charge in [-0.05, 0) is 34.9 Å². The van der Waals surface area contributed by atoms with Crippen molar-refractivity contribution in [1.29, 1.82) is 0 Å². The Morgan fingerprint density at radius 1 is 1.13 bits per heavy atom. The van der Waals surface area contributed by atoms with Crippen LogP contribution in [0.25, 0.3) is 0 Å². The number of amides is 1. The van der Waals surface area contributed by atoms with Crippen LogP contribution in [0.3, 0.4) is 0 Å². The van der Waals surface area contributed by atoms with E-state index in [1.54, 1.807) is 0 Å². The van der Waals surface area contributed by atoms with Gasteiger partial charge in [0.15, 0.2) is 0 Å². The molecule has 0 heterocycles. The highest BCUT2D eigenvalue weighted by atomic mass is 16.1. The van der Waals surface area contributed by atoms with E-state index in [4.69, 9.17) is 5.73 Å². The zero-order valence-corrected chi connectivity index (χ0v) is 13.8. The Balaban J connectivity index is 1.92. The van der Waals surface area contributed by atoms with Gasteiger partial charge >= 0.3 is 0 Å². The predicted molar refractivity (Wildman–Crippen MR) is 93.0 cm³/mol. The van der Waals surface area contributed by atoms with Gasteiger partial charge in [0.2, 0.25) is 5.91 Å². The molecular weight excluding hydrogens is 284 g/mol. The summed E-state index contributed by atoms with van der Waals surface area (Å²) in [6.07, 6.45) is 2.09. The summed E-state index contributed by atoms with van der Waals surface area (Å²) < 4.78 is 0. The van der Waals surface area contributed by atoms with Gasteiger partial charge in [0, 0.05) is 6.04 Å². The molecule has 2 aromatic rings. The smallest absolute Gasteiger partial charge is 0.239 e. The van der Waals surface area contributed by atoms with Gasteiger partial charge in [0.05, 0.1) is 0 Å². The molecule has 0 saturated heterocycles. The Bertz CT molecular complexity index is 694. The van der Waals surface area contributed by atoms with E-state index in [9.17, 15) is 4.79 Å². The van der Waals surface area contributed by atoms with E-state index in [1.165, 1.54) is 11.1 Å². The molecule has 1 amide bonds. The van der Waals surface area contributed by atoms with Crippen LogP contribution in [0.4, 0.5) is 0 Å². The van der Waals surface area contributed by atoms with Gasteiger partial charge in [-0.25, -0.2) is 0 Å². The SMILES string of the molecule is CC1(C)CC[C@H](N[C@H](C(N)=O)c2ccccc2)c2ccccc21. The van der Waals surface area contributed by atoms with Gasteiger partial charge in [-0.2, -0.15) is 0 Å². The monoisotopic (exact) mass is 308 g/mol. The summed E-state index contributed by atoms with van der Waals surface area (Å²) in [6.45, 7) is 4.57. The maximum atomic E-state index is 12.0. The standard InChI is InChI=1S/C20H24N2O/c1-20(2)13-12-17(15-10-6-7-11-16(15)20)22-18(19(21)23)14-8-4-3-5-9-14/h3-11,17-18,22H,12-13H2,1-2H3,(H2,21,23)/t17-,18-/m0/s1. The van der Waals surface area contributed by atoms with E-state index < -0.39 is 6.04 Å². The summed E-state index contributed by atoms with van der Waals surface area (Å²) in [6, 6.07) is 17.9. The van der Waals surface area contributed by atoms with Crippen molar-refractivity contribution in [1.82, 2.24) is 5.32 Å². The third-order valence-corrected chi connectivity index (χ3v) is 4.91. The molecule has 0 saturated carbocycles. The summed E-state index contributed by atoms with van der Waals surface area (Å²) >= 11 is 0. The summed E-state index contributed by atoms with van der Waals surface area (Å²) in [5.41, 5.74) is 9.39. The van der Waals surface area contributed by atoms with E-state index >= 15 is 0 Å². The van der Waals surface area contributed by atoms with Gasteiger partial charge in [-0.1, -0.05) is 68.4 Å². The van der Waals surface area contributed by atoms with Crippen LogP contribution in [0.1, 0.15) is 55.5 Å². The topological polar surface area (TPSA) is 55.1 Å². The van der Waals surface area contributed by atoms with E-state index in [1.807, 2.05) is 30.3 Å². The molecule has 0 aliphatic heterocycles. The van der Waals surface area contributed by atoms with Crippen molar-refractivity contribution in [2.24, 2.45) is 5.73 Å². The van der Waals surface area contributed by atoms with Gasteiger partial charge in [0.1, 0.15) is 6.04 Å². The molecule has 3 N–H and O–H groups in total. The molecule has 120 valence electrons. The first-order valence-corrected chi connectivity index (χ1v) is 8.19. The van der Waals surface area contributed by atoms with Crippen LogP contribution in [-0.2, 0) is 10.2 Å². The van der Waals surface area contributed by atoms with Gasteiger partial charge in [0.25, 0.3) is 0 Å². The normalized spacial score (nSPS) is 20.5. The number of hydrogen-bond donors (Lipinski definition) is 2. The molecule has 3 heteroatoms. The van der Waals surface area contributed by atoms with E-state index in [0.717, 1.165) is 18.4 Å². The van der Waals surface area contributed by atoms with Crippen LogP contribution in [0.2, 0.25) is 0 Å². The van der Waals surface area contributed by atoms with Crippen molar-refractivity contribution in [3.05, 3.63) is 71.3 Å². The molecule has 1 aliphatic rings. The molecule has 0 fully saturated rings. The van der Waals surface area contributed by atoms with Crippen LogP contribution < -0.4 is 11.1 Å². The molecule has 2 aromatic carbocycles. The minimum atomic E-state index is -0.463. The number of primary amides is 1. The molecule has 0 aromatic heterocycles. The lowest BCUT2D eigenvalue weighted by Gasteiger charge is -2.38. The van der Waals surface area contributed by atoms with Crippen LogP contribution in [0.15, 0.2) is 54.6 Å². The highest BCUT2D eigenvalue weighted by Crippen LogP contribution is 2.42. The number of carbonyl (C=O) groups excluding carboxylic acids is 1. The van der Waals surface area contributed by atoms with Crippen molar-refractivity contribution in [2.45, 2.75) is 44.2 Å². The number of rotatable bonds is 4. The molecule has 23 heavy (non-hydrogen) atoms. The highest BCUT2D eigenvalue weighted by Gasteiger charge is 2.34. The lowest BCUT2D eigenvalue weighted by molar-refractivity contribution is -0.120. The first-order chi connectivity index (χ1) is 11.0. The largest absolute Gasteiger partial charge is 0.368 e. The highest BCUT2D eigenvalue weighted by molar-refractivity contribution is 5.81. The maximum absolute atomic E-state index is 12.0. The Labute approximate surface area is 137 Å². The Kier molecular flexibility index (Phi) is 4.22. The van der Waals surface area contributed by atoms with Gasteiger partial charge in [-0.3, -0.25) is 10.1 Å². The third kappa shape index (κ3) is 3.15. The fraction of sp³-hybridized carbons (Fsp3) is 0.350. The molecule has 1 aliphatic carbocycles. The average Bonchev–Trinajstić information content (AvgIpc) is 2.55. The number of benzene rings is 2. The van der Waals surface area contributed by atoms with Gasteiger partial charge < -0.3 is 5.73 Å². The minimum Gasteiger partial charge on any atom is -0.368 e. The Morgan fingerprint density at radius 3 is 2.48 bits per heavy atom. The molecule has 0 radical (unpaired) electrons. The summed E-state index contributed by atoms with van der Waals surface area (Å²) in [4.78, 5) is 12.0. The number of nitrogens with two attached hydrogens (primary N) is 1. The second-order valence-corrected chi connectivity index (χ2v) is 6.98. The summed E-state index contributed by atoms with van der Waals surface area (Å²) in [7, 11) is 0. The maximum Gasteiger partial charge on any atom is 0.239 e. The Hall–Kier alpha value is -2.13. The Morgan fingerprint density at radius 2 is 1.78 bits per heavy atom. The molecule has 0 bridgehead atoms. The second-order valence-electron chi connectivity index (χ2n) is 6.98. The molecule has 0 unspecified atom stereocenters.